The van der Waals surface area contributed by atoms with Crippen LogP contribution >= 0.6 is 34.4 Å². The van der Waals surface area contributed by atoms with Crippen LogP contribution in [-0.2, 0) is 4.74 Å². The lowest BCUT2D eigenvalue weighted by molar-refractivity contribution is 0.121. The molecule has 1 N–H and O–H groups in total. The largest absolute Gasteiger partial charge is 0.378 e. The Bertz CT molecular complexity index is 1300. The van der Waals surface area contributed by atoms with Gasteiger partial charge in [-0.25, -0.2) is 4.98 Å². The van der Waals surface area contributed by atoms with Gasteiger partial charge >= 0.3 is 0 Å². The van der Waals surface area contributed by atoms with Gasteiger partial charge in [-0.05, 0) is 31.2 Å². The highest BCUT2D eigenvalue weighted by Crippen LogP contribution is 2.44. The predicted octanol–water partition coefficient (Wildman–Crippen LogP) is 4.33. The monoisotopic (exact) mass is 486 g/mol. The van der Waals surface area contributed by atoms with Gasteiger partial charge in [0.05, 0.1) is 23.8 Å². The van der Waals surface area contributed by atoms with Gasteiger partial charge in [0.1, 0.15) is 10.7 Å². The molecule has 8 nitrogen and oxygen atoms in total. The summed E-state index contributed by atoms with van der Waals surface area (Å²) in [6.07, 6.45) is 2.30. The minimum Gasteiger partial charge on any atom is -0.378 e. The van der Waals surface area contributed by atoms with E-state index >= 15 is 0 Å². The highest BCUT2D eigenvalue weighted by Gasteiger charge is 2.33. The van der Waals surface area contributed by atoms with Crippen LogP contribution in [0.4, 0.5) is 5.95 Å². The molecular weight excluding hydrogens is 464 g/mol. The summed E-state index contributed by atoms with van der Waals surface area (Å²) in [6.45, 7) is 5.16. The fourth-order valence-electron chi connectivity index (χ4n) is 3.97. The van der Waals surface area contributed by atoms with Crippen LogP contribution in [-0.4, -0.2) is 51.0 Å². The maximum atomic E-state index is 13.0. The number of H-pyrrole nitrogens is 1. The second-order valence-corrected chi connectivity index (χ2v) is 11.1. The molecule has 4 aromatic rings. The van der Waals surface area contributed by atoms with Crippen molar-refractivity contribution in [3.8, 4) is 10.4 Å². The Morgan fingerprint density at radius 1 is 1.25 bits per heavy atom. The van der Waals surface area contributed by atoms with E-state index in [0.717, 1.165) is 65.5 Å². The zero-order valence-electron chi connectivity index (χ0n) is 17.5. The fourth-order valence-corrected chi connectivity index (χ4v) is 6.71. The first-order chi connectivity index (χ1) is 15.7. The standard InChI is InChI=1S/C21H22N6O2S3/c1-12(17-22-18(28)16-14(11-31-19(16)23-17)15-3-2-10-30-15)32-21-25-24-20(27(21)13-4-5-13)26-6-8-29-9-7-26/h2-3,10-13H,4-9H2,1H3,(H,22,23,28). The summed E-state index contributed by atoms with van der Waals surface area (Å²) in [7, 11) is 0. The average molecular weight is 487 g/mol. The average Bonchev–Trinajstić information content (AvgIpc) is 3.19. The number of thiophene rings is 2. The molecule has 166 valence electrons. The molecule has 2 aliphatic rings. The number of hydrogen-bond donors (Lipinski definition) is 1. The number of morpholine rings is 1. The van der Waals surface area contributed by atoms with E-state index in [1.165, 1.54) is 11.3 Å². The van der Waals surface area contributed by atoms with E-state index in [4.69, 9.17) is 9.72 Å². The Morgan fingerprint density at radius 2 is 2.09 bits per heavy atom. The zero-order chi connectivity index (χ0) is 21.7. The van der Waals surface area contributed by atoms with Crippen LogP contribution < -0.4 is 10.5 Å². The molecule has 0 spiro atoms. The van der Waals surface area contributed by atoms with Crippen LogP contribution in [0.3, 0.4) is 0 Å². The molecule has 32 heavy (non-hydrogen) atoms. The maximum Gasteiger partial charge on any atom is 0.260 e. The summed E-state index contributed by atoms with van der Waals surface area (Å²) in [4.78, 5) is 25.0. The smallest absolute Gasteiger partial charge is 0.260 e. The van der Waals surface area contributed by atoms with Crippen molar-refractivity contribution in [3.63, 3.8) is 0 Å². The molecule has 1 aliphatic heterocycles. The topological polar surface area (TPSA) is 88.9 Å². The van der Waals surface area contributed by atoms with Crippen molar-refractivity contribution in [2.45, 2.75) is 36.2 Å². The second kappa shape index (κ2) is 8.29. The highest BCUT2D eigenvalue weighted by atomic mass is 32.2. The van der Waals surface area contributed by atoms with Crippen LogP contribution in [0.15, 0.2) is 32.8 Å². The van der Waals surface area contributed by atoms with Gasteiger partial charge in [0.15, 0.2) is 5.16 Å². The molecule has 2 fully saturated rings. The first kappa shape index (κ1) is 20.4. The van der Waals surface area contributed by atoms with E-state index in [0.29, 0.717) is 17.3 Å². The van der Waals surface area contributed by atoms with E-state index in [9.17, 15) is 4.79 Å². The van der Waals surface area contributed by atoms with Crippen LogP contribution in [0, 0.1) is 0 Å². The lowest BCUT2D eigenvalue weighted by Crippen LogP contribution is -2.38. The highest BCUT2D eigenvalue weighted by molar-refractivity contribution is 7.99. The Morgan fingerprint density at radius 3 is 2.84 bits per heavy atom. The normalized spacial score (nSPS) is 17.8. The number of aromatic amines is 1. The molecule has 0 radical (unpaired) electrons. The lowest BCUT2D eigenvalue weighted by Gasteiger charge is -2.28. The second-order valence-electron chi connectivity index (χ2n) is 8.00. The first-order valence-corrected chi connectivity index (χ1v) is 13.3. The third-order valence-electron chi connectivity index (χ3n) is 5.77. The number of hydrogen-bond acceptors (Lipinski definition) is 9. The van der Waals surface area contributed by atoms with Crippen LogP contribution in [0.5, 0.6) is 0 Å². The summed E-state index contributed by atoms with van der Waals surface area (Å²) in [5.41, 5.74) is 0.879. The number of nitrogens with one attached hydrogen (secondary N) is 1. The number of fused-ring (bicyclic) bond motifs is 1. The summed E-state index contributed by atoms with van der Waals surface area (Å²) in [6, 6.07) is 4.49. The molecule has 0 bridgehead atoms. The summed E-state index contributed by atoms with van der Waals surface area (Å²) in [5, 5.41) is 14.6. The molecule has 11 heteroatoms. The molecule has 0 amide bonds. The fraction of sp³-hybridized carbons (Fsp3) is 0.429. The molecule has 1 aliphatic carbocycles. The number of ether oxygens (including phenoxy) is 1. The quantitative estimate of drug-likeness (QED) is 0.406. The van der Waals surface area contributed by atoms with Gasteiger partial charge in [-0.2, -0.15) is 0 Å². The first-order valence-electron chi connectivity index (χ1n) is 10.7. The maximum absolute atomic E-state index is 13.0. The summed E-state index contributed by atoms with van der Waals surface area (Å²) in [5.74, 6) is 1.60. The van der Waals surface area contributed by atoms with Gasteiger partial charge in [-0.1, -0.05) is 17.8 Å². The van der Waals surface area contributed by atoms with E-state index < -0.39 is 0 Å². The van der Waals surface area contributed by atoms with Crippen molar-refractivity contribution in [1.82, 2.24) is 24.7 Å². The molecule has 1 saturated carbocycles. The van der Waals surface area contributed by atoms with Crippen molar-refractivity contribution >= 4 is 50.6 Å². The van der Waals surface area contributed by atoms with Gasteiger partial charge in [0.2, 0.25) is 5.95 Å². The van der Waals surface area contributed by atoms with E-state index in [1.54, 1.807) is 23.1 Å². The van der Waals surface area contributed by atoms with Crippen molar-refractivity contribution in [1.29, 1.82) is 0 Å². The van der Waals surface area contributed by atoms with Crippen LogP contribution in [0.2, 0.25) is 0 Å². The number of thioether (sulfide) groups is 1. The predicted molar refractivity (Wildman–Crippen MR) is 129 cm³/mol. The van der Waals surface area contributed by atoms with Gasteiger partial charge in [-0.15, -0.1) is 32.9 Å². The van der Waals surface area contributed by atoms with Crippen LogP contribution in [0.1, 0.15) is 36.9 Å². The molecule has 0 aromatic carbocycles. The molecule has 4 aromatic heterocycles. The van der Waals surface area contributed by atoms with E-state index in [2.05, 4.69) is 31.6 Å². The SMILES string of the molecule is CC(Sc1nnc(N2CCOCC2)n1C1CC1)c1nc2scc(-c3cccs3)c2c(=O)[nH]1. The number of anilines is 1. The van der Waals surface area contributed by atoms with Crippen molar-refractivity contribution < 1.29 is 4.74 Å². The van der Waals surface area contributed by atoms with Crippen molar-refractivity contribution in [3.05, 3.63) is 39.1 Å². The van der Waals surface area contributed by atoms with Gasteiger partial charge in [-0.3, -0.25) is 9.36 Å². The number of aromatic nitrogens is 5. The Kier molecular flexibility index (Phi) is 5.28. The molecule has 1 unspecified atom stereocenters. The summed E-state index contributed by atoms with van der Waals surface area (Å²) >= 11 is 4.76. The van der Waals surface area contributed by atoms with Gasteiger partial charge < -0.3 is 14.6 Å². The van der Waals surface area contributed by atoms with E-state index in [1.807, 2.05) is 22.9 Å². The van der Waals surface area contributed by atoms with Crippen LogP contribution in [0.25, 0.3) is 20.7 Å². The van der Waals surface area contributed by atoms with Crippen molar-refractivity contribution in [2.75, 3.05) is 31.2 Å². The Balaban J connectivity index is 1.30. The molecule has 6 rings (SSSR count). The molecule has 5 heterocycles. The van der Waals surface area contributed by atoms with Gasteiger partial charge in [0.25, 0.3) is 5.56 Å². The third kappa shape index (κ3) is 3.66. The third-order valence-corrected chi connectivity index (χ3v) is 8.61. The van der Waals surface area contributed by atoms with Crippen molar-refractivity contribution in [2.24, 2.45) is 0 Å². The Labute approximate surface area is 196 Å². The van der Waals surface area contributed by atoms with E-state index in [-0.39, 0.29) is 10.8 Å². The zero-order valence-corrected chi connectivity index (χ0v) is 19.9. The molecular formula is C21H22N6O2S3. The Hall–Kier alpha value is -2.21. The van der Waals surface area contributed by atoms with Gasteiger partial charge in [0, 0.05) is 35.0 Å². The minimum absolute atomic E-state index is 0.0568. The number of rotatable bonds is 6. The molecule has 1 atom stereocenters. The minimum atomic E-state index is -0.0836. The molecule has 1 saturated heterocycles. The summed E-state index contributed by atoms with van der Waals surface area (Å²) < 4.78 is 7.76. The number of nitrogens with zero attached hydrogens (tertiary/aromatic N) is 5. The lowest BCUT2D eigenvalue weighted by atomic mass is 10.2.